The van der Waals surface area contributed by atoms with E-state index >= 15 is 0 Å². The van der Waals surface area contributed by atoms with Gasteiger partial charge in [0.05, 0.1) is 12.6 Å². The average Bonchev–Trinajstić information content (AvgIpc) is 2.74. The van der Waals surface area contributed by atoms with Gasteiger partial charge in [0.2, 0.25) is 0 Å². The van der Waals surface area contributed by atoms with Crippen molar-refractivity contribution in [3.63, 3.8) is 0 Å². The zero-order valence-corrected chi connectivity index (χ0v) is 20.7. The number of carbonyl (C=O) groups is 3. The molecule has 2 amide bonds. The Hall–Kier alpha value is -2.25. The van der Waals surface area contributed by atoms with Gasteiger partial charge in [0.15, 0.2) is 5.78 Å². The summed E-state index contributed by atoms with van der Waals surface area (Å²) in [6.45, 7) is 15.5. The number of amides is 2. The Labute approximate surface area is 193 Å². The van der Waals surface area contributed by atoms with Gasteiger partial charge in [0.25, 0.3) is 11.8 Å². The van der Waals surface area contributed by atoms with Crippen LogP contribution in [0.3, 0.4) is 0 Å². The smallest absolute Gasteiger partial charge is 0.253 e. The first-order chi connectivity index (χ1) is 15.2. The Morgan fingerprint density at radius 3 is 2.16 bits per heavy atom. The second-order valence-electron chi connectivity index (χ2n) is 8.80. The van der Waals surface area contributed by atoms with Crippen molar-refractivity contribution in [2.45, 2.75) is 60.4 Å². The lowest BCUT2D eigenvalue weighted by Gasteiger charge is -2.22. The maximum Gasteiger partial charge on any atom is 0.253 e. The van der Waals surface area contributed by atoms with Crippen LogP contribution in [-0.4, -0.2) is 67.8 Å². The molecule has 1 aromatic carbocycles. The molecule has 0 saturated heterocycles. The molecule has 1 atom stereocenters. The van der Waals surface area contributed by atoms with Crippen molar-refractivity contribution >= 4 is 17.6 Å². The Kier molecular flexibility index (Phi) is 12.8. The SMILES string of the molecule is CCCN(CCC)C(=O)c1cc(C)cc(C(=O)NCCNC(C)C(=O)CNCC(C)C)c1. The van der Waals surface area contributed by atoms with Crippen molar-refractivity contribution in [2.75, 3.05) is 39.3 Å². The van der Waals surface area contributed by atoms with Gasteiger partial charge >= 0.3 is 0 Å². The molecule has 32 heavy (non-hydrogen) atoms. The molecule has 0 spiro atoms. The minimum Gasteiger partial charge on any atom is -0.351 e. The number of nitrogens with zero attached hydrogens (tertiary/aromatic N) is 1. The lowest BCUT2D eigenvalue weighted by atomic mass is 10.0. The van der Waals surface area contributed by atoms with E-state index in [1.165, 1.54) is 0 Å². The van der Waals surface area contributed by atoms with Crippen LogP contribution in [0.5, 0.6) is 0 Å². The van der Waals surface area contributed by atoms with Crippen molar-refractivity contribution in [1.82, 2.24) is 20.9 Å². The topological polar surface area (TPSA) is 90.5 Å². The first-order valence-electron chi connectivity index (χ1n) is 11.9. The van der Waals surface area contributed by atoms with Gasteiger partial charge in [-0.2, -0.15) is 0 Å². The van der Waals surface area contributed by atoms with Gasteiger partial charge in [0.1, 0.15) is 0 Å². The van der Waals surface area contributed by atoms with Crippen molar-refractivity contribution in [3.8, 4) is 0 Å². The summed E-state index contributed by atoms with van der Waals surface area (Å²) >= 11 is 0. The second kappa shape index (κ2) is 14.7. The number of Topliss-reactive ketones (excluding diaryl/α,β-unsaturated/α-hetero) is 1. The molecule has 0 aliphatic carbocycles. The van der Waals surface area contributed by atoms with Gasteiger partial charge in [-0.3, -0.25) is 14.4 Å². The van der Waals surface area contributed by atoms with E-state index < -0.39 is 0 Å². The summed E-state index contributed by atoms with van der Waals surface area (Å²) in [4.78, 5) is 39.5. The fourth-order valence-corrected chi connectivity index (χ4v) is 3.39. The number of carbonyl (C=O) groups excluding carboxylic acids is 3. The fourth-order valence-electron chi connectivity index (χ4n) is 3.39. The molecule has 7 nitrogen and oxygen atoms in total. The Morgan fingerprint density at radius 2 is 1.56 bits per heavy atom. The molecule has 3 N–H and O–H groups in total. The highest BCUT2D eigenvalue weighted by atomic mass is 16.2. The summed E-state index contributed by atoms with van der Waals surface area (Å²) in [5.74, 6) is 0.341. The molecule has 1 unspecified atom stereocenters. The largest absolute Gasteiger partial charge is 0.351 e. The number of hydrogen-bond acceptors (Lipinski definition) is 5. The van der Waals surface area contributed by atoms with Gasteiger partial charge < -0.3 is 20.9 Å². The van der Waals surface area contributed by atoms with Crippen LogP contribution in [0.1, 0.15) is 73.7 Å². The van der Waals surface area contributed by atoms with Crippen molar-refractivity contribution in [1.29, 1.82) is 0 Å². The minimum absolute atomic E-state index is 0.0356. The average molecular weight is 447 g/mol. The zero-order chi connectivity index (χ0) is 24.1. The maximum absolute atomic E-state index is 12.9. The first kappa shape index (κ1) is 27.8. The van der Waals surface area contributed by atoms with Crippen molar-refractivity contribution in [2.24, 2.45) is 5.92 Å². The fraction of sp³-hybridized carbons (Fsp3) is 0.640. The quantitative estimate of drug-likeness (QED) is 0.361. The number of nitrogens with one attached hydrogen (secondary N) is 3. The highest BCUT2D eigenvalue weighted by Crippen LogP contribution is 2.13. The van der Waals surface area contributed by atoms with Crippen LogP contribution in [0.4, 0.5) is 0 Å². The molecule has 0 radical (unpaired) electrons. The molecule has 0 heterocycles. The van der Waals surface area contributed by atoms with E-state index in [1.807, 2.05) is 24.8 Å². The molecule has 1 rings (SSSR count). The summed E-state index contributed by atoms with van der Waals surface area (Å²) < 4.78 is 0. The second-order valence-corrected chi connectivity index (χ2v) is 8.80. The molecule has 180 valence electrons. The van der Waals surface area contributed by atoms with E-state index in [4.69, 9.17) is 0 Å². The zero-order valence-electron chi connectivity index (χ0n) is 20.7. The van der Waals surface area contributed by atoms with Gasteiger partial charge in [-0.05, 0) is 62.9 Å². The van der Waals surface area contributed by atoms with Crippen LogP contribution in [0.2, 0.25) is 0 Å². The molecule has 0 fully saturated rings. The number of aryl methyl sites for hydroxylation is 1. The Balaban J connectivity index is 2.59. The van der Waals surface area contributed by atoms with E-state index in [9.17, 15) is 14.4 Å². The summed E-state index contributed by atoms with van der Waals surface area (Å²) in [6, 6.07) is 5.01. The normalized spacial score (nSPS) is 12.0. The lowest BCUT2D eigenvalue weighted by Crippen LogP contribution is -2.43. The van der Waals surface area contributed by atoms with Crippen molar-refractivity contribution < 1.29 is 14.4 Å². The van der Waals surface area contributed by atoms with Gasteiger partial charge in [-0.25, -0.2) is 0 Å². The van der Waals surface area contributed by atoms with Gasteiger partial charge in [-0.15, -0.1) is 0 Å². The predicted octanol–water partition coefficient (Wildman–Crippen LogP) is 2.78. The van der Waals surface area contributed by atoms with Crippen LogP contribution in [0.15, 0.2) is 18.2 Å². The van der Waals surface area contributed by atoms with Gasteiger partial charge in [-0.1, -0.05) is 27.7 Å². The molecule has 7 heteroatoms. The molecule has 1 aromatic rings. The molecule has 0 saturated carbocycles. The van der Waals surface area contributed by atoms with E-state index in [0.717, 1.165) is 24.9 Å². The third-order valence-electron chi connectivity index (χ3n) is 5.06. The standard InChI is InChI=1S/C25H42N4O3/c1-7-11-29(12-8-2)25(32)22-14-19(5)13-21(15-22)24(31)28-10-9-27-20(6)23(30)17-26-16-18(3)4/h13-15,18,20,26-27H,7-12,16-17H2,1-6H3,(H,28,31). The monoisotopic (exact) mass is 446 g/mol. The van der Waals surface area contributed by atoms with Crippen LogP contribution in [0, 0.1) is 12.8 Å². The third kappa shape index (κ3) is 9.92. The molecule has 0 aliphatic heterocycles. The van der Waals surface area contributed by atoms with Crippen molar-refractivity contribution in [3.05, 3.63) is 34.9 Å². The van der Waals surface area contributed by atoms with E-state index in [1.54, 1.807) is 12.1 Å². The van der Waals surface area contributed by atoms with E-state index in [-0.39, 0.29) is 23.6 Å². The number of benzene rings is 1. The lowest BCUT2D eigenvalue weighted by molar-refractivity contribution is -0.119. The molecule has 0 aromatic heterocycles. The summed E-state index contributed by atoms with van der Waals surface area (Å²) in [5.41, 5.74) is 1.90. The molecule has 0 aliphatic rings. The Morgan fingerprint density at radius 1 is 0.938 bits per heavy atom. The summed E-state index contributed by atoms with van der Waals surface area (Å²) in [5, 5.41) is 9.17. The number of ketones is 1. The third-order valence-corrected chi connectivity index (χ3v) is 5.06. The minimum atomic E-state index is -0.280. The maximum atomic E-state index is 12.9. The van der Waals surface area contributed by atoms with Crippen LogP contribution in [-0.2, 0) is 4.79 Å². The van der Waals surface area contributed by atoms with E-state index in [0.29, 0.717) is 49.8 Å². The van der Waals surface area contributed by atoms with Crippen LogP contribution >= 0.6 is 0 Å². The molecular weight excluding hydrogens is 404 g/mol. The van der Waals surface area contributed by atoms with E-state index in [2.05, 4.69) is 43.6 Å². The molecular formula is C25H42N4O3. The summed E-state index contributed by atoms with van der Waals surface area (Å²) in [6.07, 6.45) is 1.79. The highest BCUT2D eigenvalue weighted by molar-refractivity contribution is 6.00. The van der Waals surface area contributed by atoms with Crippen LogP contribution < -0.4 is 16.0 Å². The number of rotatable bonds is 15. The molecule has 0 bridgehead atoms. The Bertz CT molecular complexity index is 743. The highest BCUT2D eigenvalue weighted by Gasteiger charge is 2.17. The number of hydrogen-bond donors (Lipinski definition) is 3. The van der Waals surface area contributed by atoms with Crippen LogP contribution in [0.25, 0.3) is 0 Å². The van der Waals surface area contributed by atoms with Gasteiger partial charge in [0, 0.05) is 37.3 Å². The summed E-state index contributed by atoms with van der Waals surface area (Å²) in [7, 11) is 0. The predicted molar refractivity (Wildman–Crippen MR) is 130 cm³/mol. The first-order valence-corrected chi connectivity index (χ1v) is 11.9.